The molecule has 3 aromatic heterocycles. The van der Waals surface area contributed by atoms with Gasteiger partial charge in [-0.25, -0.2) is 15.0 Å². The number of likely N-dealkylation sites (tertiary alicyclic amines) is 1. The van der Waals surface area contributed by atoms with Crippen LogP contribution in [0.4, 0.5) is 0 Å². The van der Waals surface area contributed by atoms with Crippen molar-refractivity contribution in [3.05, 3.63) is 77.3 Å². The number of hydrogen-bond donors (Lipinski definition) is 0. The Balaban J connectivity index is 1.43. The van der Waals surface area contributed by atoms with Crippen molar-refractivity contribution < 1.29 is 4.79 Å². The van der Waals surface area contributed by atoms with Gasteiger partial charge in [-0.1, -0.05) is 41.6 Å². The van der Waals surface area contributed by atoms with Gasteiger partial charge in [0, 0.05) is 54.1 Å². The maximum Gasteiger partial charge on any atom is 0.273 e. The second-order valence-electron chi connectivity index (χ2n) is 8.37. The fourth-order valence-corrected chi connectivity index (χ4v) is 5.58. The molecule has 8 heteroatoms. The van der Waals surface area contributed by atoms with Crippen molar-refractivity contribution >= 4 is 29.0 Å². The summed E-state index contributed by atoms with van der Waals surface area (Å²) in [5.41, 5.74) is 5.95. The van der Waals surface area contributed by atoms with Gasteiger partial charge in [0.15, 0.2) is 5.82 Å². The van der Waals surface area contributed by atoms with E-state index in [0.29, 0.717) is 24.6 Å². The van der Waals surface area contributed by atoms with Crippen molar-refractivity contribution in [2.45, 2.75) is 30.0 Å². The number of aromatic nitrogens is 4. The Morgan fingerprint density at radius 2 is 1.88 bits per heavy atom. The zero-order valence-corrected chi connectivity index (χ0v) is 20.8. The zero-order chi connectivity index (χ0) is 23.5. The van der Waals surface area contributed by atoms with Crippen LogP contribution in [0.15, 0.2) is 64.7 Å². The molecule has 34 heavy (non-hydrogen) atoms. The minimum atomic E-state index is 0.0223. The van der Waals surface area contributed by atoms with Gasteiger partial charge in [0.25, 0.3) is 5.91 Å². The number of rotatable bonds is 5. The van der Waals surface area contributed by atoms with E-state index in [4.69, 9.17) is 9.97 Å². The van der Waals surface area contributed by atoms with Crippen LogP contribution in [0.2, 0.25) is 0 Å². The van der Waals surface area contributed by atoms with Crippen molar-refractivity contribution in [3.63, 3.8) is 0 Å². The van der Waals surface area contributed by atoms with E-state index in [-0.39, 0.29) is 11.8 Å². The summed E-state index contributed by atoms with van der Waals surface area (Å²) in [6.07, 6.45) is 9.17. The Hall–Kier alpha value is -3.10. The highest BCUT2D eigenvalue weighted by molar-refractivity contribution is 8.00. The fourth-order valence-electron chi connectivity index (χ4n) is 4.35. The molecule has 1 aromatic carbocycles. The van der Waals surface area contributed by atoms with Gasteiger partial charge in [-0.3, -0.25) is 9.78 Å². The van der Waals surface area contributed by atoms with Gasteiger partial charge < -0.3 is 4.90 Å². The summed E-state index contributed by atoms with van der Waals surface area (Å²) in [7, 11) is 0. The van der Waals surface area contributed by atoms with E-state index in [1.54, 1.807) is 24.2 Å². The van der Waals surface area contributed by atoms with Gasteiger partial charge in [0.05, 0.1) is 5.69 Å². The third-order valence-corrected chi connectivity index (χ3v) is 7.99. The van der Waals surface area contributed by atoms with Gasteiger partial charge in [-0.15, -0.1) is 11.3 Å². The molecule has 0 N–H and O–H groups in total. The van der Waals surface area contributed by atoms with Crippen molar-refractivity contribution in [3.8, 4) is 22.5 Å². The number of amides is 1. The summed E-state index contributed by atoms with van der Waals surface area (Å²) in [5, 5.41) is 1.86. The van der Waals surface area contributed by atoms with Crippen molar-refractivity contribution in [2.24, 2.45) is 0 Å². The average Bonchev–Trinajstić information content (AvgIpc) is 3.38. The van der Waals surface area contributed by atoms with E-state index in [1.165, 1.54) is 16.9 Å². The summed E-state index contributed by atoms with van der Waals surface area (Å²) in [6.45, 7) is 3.48. The first-order valence-corrected chi connectivity index (χ1v) is 13.4. The Morgan fingerprint density at radius 3 is 2.59 bits per heavy atom. The number of carbonyl (C=O) groups excluding carboxylic acids is 1. The largest absolute Gasteiger partial charge is 0.337 e. The molecular formula is C26H25N5OS2. The highest BCUT2D eigenvalue weighted by Crippen LogP contribution is 2.35. The number of carbonyl (C=O) groups is 1. The van der Waals surface area contributed by atoms with Gasteiger partial charge in [-0.05, 0) is 43.7 Å². The molecule has 1 amide bonds. The molecule has 4 heterocycles. The van der Waals surface area contributed by atoms with Gasteiger partial charge in [0.2, 0.25) is 0 Å². The van der Waals surface area contributed by atoms with Crippen LogP contribution >= 0.6 is 23.1 Å². The van der Waals surface area contributed by atoms with Crippen molar-refractivity contribution in [1.29, 1.82) is 0 Å². The number of thiazole rings is 1. The van der Waals surface area contributed by atoms with E-state index in [9.17, 15) is 4.79 Å². The number of hydrogen-bond acceptors (Lipinski definition) is 7. The normalized spacial score (nSPS) is 14.4. The number of benzene rings is 1. The lowest BCUT2D eigenvalue weighted by Crippen LogP contribution is -2.38. The third-order valence-electron chi connectivity index (χ3n) is 6.13. The number of pyridine rings is 1. The first-order valence-electron chi connectivity index (χ1n) is 11.3. The van der Waals surface area contributed by atoms with Gasteiger partial charge in [-0.2, -0.15) is 0 Å². The fraction of sp³-hybridized carbons (Fsp3) is 0.269. The molecule has 0 bridgehead atoms. The lowest BCUT2D eigenvalue weighted by Gasteiger charge is -2.32. The molecule has 4 aromatic rings. The smallest absolute Gasteiger partial charge is 0.273 e. The van der Waals surface area contributed by atoms with E-state index < -0.39 is 0 Å². The summed E-state index contributed by atoms with van der Waals surface area (Å²) in [4.78, 5) is 33.2. The average molecular weight is 488 g/mol. The standard InChI is InChI=1S/C26H25N5OS2/c1-17-4-3-5-20(14-17)21-15-28-24(19-6-10-27-11-7-19)30-23(21)18-8-12-31(13-9-18)25(32)22-16-34-26(29-22)33-2/h3-7,10-11,14-16,18H,8-9,12-13H2,1-2H3. The number of aryl methyl sites for hydroxylation is 1. The second-order valence-corrected chi connectivity index (χ2v) is 10.3. The Kier molecular flexibility index (Phi) is 6.69. The quantitative estimate of drug-likeness (QED) is 0.336. The summed E-state index contributed by atoms with van der Waals surface area (Å²) in [6, 6.07) is 12.3. The third kappa shape index (κ3) is 4.74. The van der Waals surface area contributed by atoms with Crippen LogP contribution < -0.4 is 0 Å². The molecular weight excluding hydrogens is 462 g/mol. The molecule has 0 radical (unpaired) electrons. The molecule has 1 aliphatic rings. The topological polar surface area (TPSA) is 71.9 Å². The van der Waals surface area contributed by atoms with E-state index >= 15 is 0 Å². The first-order chi connectivity index (χ1) is 16.6. The predicted molar refractivity (Wildman–Crippen MR) is 137 cm³/mol. The highest BCUT2D eigenvalue weighted by Gasteiger charge is 2.28. The van der Waals surface area contributed by atoms with Crippen molar-refractivity contribution in [2.75, 3.05) is 19.3 Å². The van der Waals surface area contributed by atoms with Crippen LogP contribution in [0.1, 0.15) is 40.5 Å². The van der Waals surface area contributed by atoms with E-state index in [2.05, 4.69) is 41.2 Å². The van der Waals surface area contributed by atoms with Crippen molar-refractivity contribution in [1.82, 2.24) is 24.8 Å². The molecule has 0 spiro atoms. The SMILES string of the molecule is CSc1nc(C(=O)N2CCC(c3nc(-c4ccncc4)ncc3-c3cccc(C)c3)CC2)cs1. The molecule has 1 aliphatic heterocycles. The molecule has 6 nitrogen and oxygen atoms in total. The number of piperidine rings is 1. The minimum Gasteiger partial charge on any atom is -0.337 e. The van der Waals surface area contributed by atoms with E-state index in [1.807, 2.05) is 34.9 Å². The lowest BCUT2D eigenvalue weighted by atomic mass is 9.88. The number of thioether (sulfide) groups is 1. The van der Waals surface area contributed by atoms with E-state index in [0.717, 1.165) is 39.6 Å². The Labute approximate surface area is 207 Å². The van der Waals surface area contributed by atoms with Crippen LogP contribution in [0.3, 0.4) is 0 Å². The molecule has 0 atom stereocenters. The molecule has 1 fully saturated rings. The minimum absolute atomic E-state index is 0.0223. The monoisotopic (exact) mass is 487 g/mol. The zero-order valence-electron chi connectivity index (χ0n) is 19.1. The first kappa shape index (κ1) is 22.7. The predicted octanol–water partition coefficient (Wildman–Crippen LogP) is 5.71. The highest BCUT2D eigenvalue weighted by atomic mass is 32.2. The lowest BCUT2D eigenvalue weighted by molar-refractivity contribution is 0.0706. The summed E-state index contributed by atoms with van der Waals surface area (Å²) < 4.78 is 0.922. The molecule has 0 saturated carbocycles. The Bertz CT molecular complexity index is 1300. The summed E-state index contributed by atoms with van der Waals surface area (Å²) >= 11 is 3.09. The Morgan fingerprint density at radius 1 is 1.09 bits per heavy atom. The summed E-state index contributed by atoms with van der Waals surface area (Å²) in [5.74, 6) is 0.980. The molecule has 5 rings (SSSR count). The van der Waals surface area contributed by atoms with Crippen LogP contribution in [-0.4, -0.2) is 50.1 Å². The maximum atomic E-state index is 13.0. The van der Waals surface area contributed by atoms with Gasteiger partial charge >= 0.3 is 0 Å². The number of nitrogens with zero attached hydrogens (tertiary/aromatic N) is 5. The van der Waals surface area contributed by atoms with Gasteiger partial charge in [0.1, 0.15) is 10.0 Å². The van der Waals surface area contributed by atoms with Crippen LogP contribution in [0.25, 0.3) is 22.5 Å². The van der Waals surface area contributed by atoms with Crippen LogP contribution in [-0.2, 0) is 0 Å². The van der Waals surface area contributed by atoms with Crippen LogP contribution in [0.5, 0.6) is 0 Å². The van der Waals surface area contributed by atoms with Crippen LogP contribution in [0, 0.1) is 6.92 Å². The maximum absolute atomic E-state index is 13.0. The second kappa shape index (κ2) is 10.0. The molecule has 0 aliphatic carbocycles. The molecule has 172 valence electrons. The molecule has 1 saturated heterocycles. The molecule has 0 unspecified atom stereocenters.